The SMILES string of the molecule is CCC(C)[c-]1cccc1.CCC(C)[c-]1cccc1.[Ba+2]. The molecule has 0 spiro atoms. The van der Waals surface area contributed by atoms with Crippen molar-refractivity contribution in [2.75, 3.05) is 0 Å². The van der Waals surface area contributed by atoms with Crippen molar-refractivity contribution in [1.29, 1.82) is 0 Å². The Kier molecular flexibility index (Phi) is 11.1. The summed E-state index contributed by atoms with van der Waals surface area (Å²) in [5, 5.41) is 0. The Balaban J connectivity index is 0.000000324. The molecule has 2 rings (SSSR count). The molecule has 2 atom stereocenters. The second kappa shape index (κ2) is 11.0. The normalized spacial score (nSPS) is 12.8. The maximum Gasteiger partial charge on any atom is 2.00 e. The molecule has 0 nitrogen and oxygen atoms in total. The molecule has 19 heavy (non-hydrogen) atoms. The van der Waals surface area contributed by atoms with E-state index < -0.39 is 0 Å². The molecule has 1 heteroatoms. The van der Waals surface area contributed by atoms with Gasteiger partial charge in [-0.1, -0.05) is 52.4 Å². The first-order valence-electron chi connectivity index (χ1n) is 7.12. The Labute approximate surface area is 159 Å². The van der Waals surface area contributed by atoms with E-state index in [-0.39, 0.29) is 48.9 Å². The zero-order valence-electron chi connectivity index (χ0n) is 12.9. The molecule has 0 saturated heterocycles. The zero-order valence-corrected chi connectivity index (χ0v) is 17.3. The average molecular weight is 380 g/mol. The molecule has 0 bridgehead atoms. The van der Waals surface area contributed by atoms with Crippen LogP contribution in [0.1, 0.15) is 63.5 Å². The summed E-state index contributed by atoms with van der Waals surface area (Å²) in [6.45, 7) is 8.96. The summed E-state index contributed by atoms with van der Waals surface area (Å²) < 4.78 is 0. The molecule has 0 saturated carbocycles. The van der Waals surface area contributed by atoms with E-state index in [2.05, 4.69) is 76.2 Å². The Bertz CT molecular complexity index is 343. The van der Waals surface area contributed by atoms with Crippen LogP contribution in [0.25, 0.3) is 0 Å². The monoisotopic (exact) mass is 380 g/mol. The minimum absolute atomic E-state index is 0. The van der Waals surface area contributed by atoms with Crippen molar-refractivity contribution in [3.05, 3.63) is 59.7 Å². The van der Waals surface area contributed by atoms with E-state index in [9.17, 15) is 0 Å². The Morgan fingerprint density at radius 1 is 0.684 bits per heavy atom. The largest absolute Gasteiger partial charge is 2.00 e. The molecular weight excluding hydrogens is 354 g/mol. The molecule has 2 aromatic rings. The second-order valence-corrected chi connectivity index (χ2v) is 5.06. The van der Waals surface area contributed by atoms with Crippen molar-refractivity contribution in [3.8, 4) is 0 Å². The van der Waals surface area contributed by atoms with E-state index in [4.69, 9.17) is 0 Å². The van der Waals surface area contributed by atoms with Crippen molar-refractivity contribution in [1.82, 2.24) is 0 Å². The van der Waals surface area contributed by atoms with Crippen LogP contribution in [0.4, 0.5) is 0 Å². The van der Waals surface area contributed by atoms with E-state index in [1.54, 1.807) is 0 Å². The topological polar surface area (TPSA) is 0 Å². The molecule has 0 fully saturated rings. The maximum atomic E-state index is 2.26. The summed E-state index contributed by atoms with van der Waals surface area (Å²) in [5.41, 5.74) is 2.94. The summed E-state index contributed by atoms with van der Waals surface area (Å²) >= 11 is 0. The molecule has 0 aliphatic carbocycles. The quantitative estimate of drug-likeness (QED) is 0.489. The van der Waals surface area contributed by atoms with Gasteiger partial charge in [-0.15, -0.1) is 0 Å². The first-order valence-corrected chi connectivity index (χ1v) is 7.12. The van der Waals surface area contributed by atoms with Crippen LogP contribution in [0.15, 0.2) is 48.5 Å². The van der Waals surface area contributed by atoms with Crippen LogP contribution in [0, 0.1) is 0 Å². The van der Waals surface area contributed by atoms with Crippen LogP contribution in [-0.2, 0) is 0 Å². The molecule has 0 amide bonds. The average Bonchev–Trinajstić information content (AvgIpc) is 3.09. The van der Waals surface area contributed by atoms with Crippen molar-refractivity contribution < 1.29 is 0 Å². The third-order valence-corrected chi connectivity index (χ3v) is 3.74. The van der Waals surface area contributed by atoms with E-state index in [1.165, 1.54) is 24.0 Å². The Morgan fingerprint density at radius 3 is 1.16 bits per heavy atom. The molecule has 0 aliphatic heterocycles. The van der Waals surface area contributed by atoms with Gasteiger partial charge in [0.05, 0.1) is 0 Å². The van der Waals surface area contributed by atoms with E-state index >= 15 is 0 Å². The molecule has 0 aliphatic rings. The Hall–Kier alpha value is 0.271. The maximum absolute atomic E-state index is 2.26. The third-order valence-electron chi connectivity index (χ3n) is 3.74. The van der Waals surface area contributed by atoms with Gasteiger partial charge in [0.1, 0.15) is 0 Å². The predicted octanol–water partition coefficient (Wildman–Crippen LogP) is 5.46. The van der Waals surface area contributed by atoms with Gasteiger partial charge >= 0.3 is 48.9 Å². The molecule has 0 N–H and O–H groups in total. The molecular formula is C18H26Ba. The van der Waals surface area contributed by atoms with Crippen molar-refractivity contribution in [3.63, 3.8) is 0 Å². The Morgan fingerprint density at radius 2 is 0.947 bits per heavy atom. The third kappa shape index (κ3) is 7.01. The van der Waals surface area contributed by atoms with Gasteiger partial charge in [-0.05, 0) is 0 Å². The van der Waals surface area contributed by atoms with Crippen LogP contribution in [-0.4, -0.2) is 48.9 Å². The smallest absolute Gasteiger partial charge is 0.213 e. The van der Waals surface area contributed by atoms with E-state index in [1.807, 2.05) is 0 Å². The van der Waals surface area contributed by atoms with Gasteiger partial charge in [0.15, 0.2) is 0 Å². The summed E-state index contributed by atoms with van der Waals surface area (Å²) in [5.74, 6) is 1.47. The minimum atomic E-state index is 0. The number of hydrogen-bond acceptors (Lipinski definition) is 0. The van der Waals surface area contributed by atoms with Crippen LogP contribution in [0.5, 0.6) is 0 Å². The van der Waals surface area contributed by atoms with Crippen LogP contribution >= 0.6 is 0 Å². The zero-order chi connectivity index (χ0) is 13.4. The van der Waals surface area contributed by atoms with Crippen LogP contribution in [0.2, 0.25) is 0 Å². The molecule has 0 radical (unpaired) electrons. The molecule has 2 aromatic carbocycles. The van der Waals surface area contributed by atoms with Crippen LogP contribution in [0.3, 0.4) is 0 Å². The number of hydrogen-bond donors (Lipinski definition) is 0. The summed E-state index contributed by atoms with van der Waals surface area (Å²) in [6.07, 6.45) is 2.48. The second-order valence-electron chi connectivity index (χ2n) is 5.06. The predicted molar refractivity (Wildman–Crippen MR) is 87.2 cm³/mol. The minimum Gasteiger partial charge on any atom is -0.213 e. The van der Waals surface area contributed by atoms with Gasteiger partial charge in [0.2, 0.25) is 0 Å². The van der Waals surface area contributed by atoms with Gasteiger partial charge < -0.3 is 0 Å². The van der Waals surface area contributed by atoms with Crippen molar-refractivity contribution in [2.45, 2.75) is 52.4 Å². The van der Waals surface area contributed by atoms with Gasteiger partial charge in [-0.2, -0.15) is 35.4 Å². The standard InChI is InChI=1S/2C9H13.Ba/c2*1-3-8(2)9-6-4-5-7-9;/h2*4-8H,3H2,1-2H3;/q2*-1;+2. The summed E-state index contributed by atoms with van der Waals surface area (Å²) in [6, 6.07) is 17.1. The summed E-state index contributed by atoms with van der Waals surface area (Å²) in [4.78, 5) is 0. The van der Waals surface area contributed by atoms with Gasteiger partial charge in [-0.25, -0.2) is 24.3 Å². The fourth-order valence-electron chi connectivity index (χ4n) is 1.91. The fourth-order valence-corrected chi connectivity index (χ4v) is 1.91. The first kappa shape index (κ1) is 19.3. The van der Waals surface area contributed by atoms with Crippen LogP contribution < -0.4 is 0 Å². The van der Waals surface area contributed by atoms with Crippen molar-refractivity contribution >= 4 is 48.9 Å². The molecule has 100 valence electrons. The van der Waals surface area contributed by atoms with E-state index in [0.717, 1.165) is 11.8 Å². The first-order chi connectivity index (χ1) is 8.69. The number of rotatable bonds is 4. The van der Waals surface area contributed by atoms with Gasteiger partial charge in [0.25, 0.3) is 0 Å². The van der Waals surface area contributed by atoms with E-state index in [0.29, 0.717) is 0 Å². The molecule has 0 aromatic heterocycles. The van der Waals surface area contributed by atoms with Gasteiger partial charge in [0, 0.05) is 0 Å². The van der Waals surface area contributed by atoms with Gasteiger partial charge in [-0.3, -0.25) is 0 Å². The molecule has 2 unspecified atom stereocenters. The van der Waals surface area contributed by atoms with Crippen molar-refractivity contribution in [2.24, 2.45) is 0 Å². The fraction of sp³-hybridized carbons (Fsp3) is 0.444. The summed E-state index contributed by atoms with van der Waals surface area (Å²) in [7, 11) is 0. The molecule has 0 heterocycles.